The van der Waals surface area contributed by atoms with Crippen LogP contribution in [-0.4, -0.2) is 37.0 Å². The number of hydrogen-bond acceptors (Lipinski definition) is 5. The molecule has 1 saturated heterocycles. The minimum absolute atomic E-state index is 0.126. The third kappa shape index (κ3) is 4.00. The number of thiophene rings is 1. The second-order valence-corrected chi connectivity index (χ2v) is 10.5. The molecule has 3 aromatic rings. The number of hydrogen-bond donors (Lipinski definition) is 1. The Kier molecular flexibility index (Phi) is 5.16. The highest BCUT2D eigenvalue weighted by Gasteiger charge is 2.17. The van der Waals surface area contributed by atoms with Gasteiger partial charge in [0, 0.05) is 23.2 Å². The molecule has 0 bridgehead atoms. The van der Waals surface area contributed by atoms with Gasteiger partial charge in [0.25, 0.3) is 0 Å². The molecule has 1 atom stereocenters. The summed E-state index contributed by atoms with van der Waals surface area (Å²) in [6.45, 7) is 4.77. The van der Waals surface area contributed by atoms with E-state index in [1.807, 2.05) is 41.2 Å². The first-order chi connectivity index (χ1) is 13.0. The van der Waals surface area contributed by atoms with Crippen LogP contribution in [0.25, 0.3) is 21.7 Å². The Morgan fingerprint density at radius 3 is 2.85 bits per heavy atom. The third-order valence-electron chi connectivity index (χ3n) is 4.96. The van der Waals surface area contributed by atoms with Crippen LogP contribution in [-0.2, 0) is 16.4 Å². The summed E-state index contributed by atoms with van der Waals surface area (Å²) in [4.78, 5) is 0.959. The average molecular weight is 402 g/mol. The van der Waals surface area contributed by atoms with Crippen molar-refractivity contribution in [2.45, 2.75) is 24.1 Å². The van der Waals surface area contributed by atoms with Gasteiger partial charge in [0.1, 0.15) is 4.21 Å². The molecule has 0 amide bonds. The molecule has 1 fully saturated rings. The van der Waals surface area contributed by atoms with E-state index in [-0.39, 0.29) is 5.75 Å². The van der Waals surface area contributed by atoms with E-state index in [0.29, 0.717) is 10.1 Å². The fourth-order valence-electron chi connectivity index (χ4n) is 3.37. The van der Waals surface area contributed by atoms with Gasteiger partial charge in [-0.05, 0) is 55.3 Å². The molecule has 1 unspecified atom stereocenters. The summed E-state index contributed by atoms with van der Waals surface area (Å²) in [5, 5.41) is 8.12. The van der Waals surface area contributed by atoms with Crippen LogP contribution in [0.2, 0.25) is 0 Å². The van der Waals surface area contributed by atoms with E-state index < -0.39 is 9.84 Å². The lowest BCUT2D eigenvalue weighted by Gasteiger charge is -2.07. The molecule has 2 aromatic heterocycles. The summed E-state index contributed by atoms with van der Waals surface area (Å²) in [5.74, 6) is 0.773. The molecule has 4 rings (SSSR count). The number of nitrogens with zero attached hydrogens (tertiary/aromatic N) is 2. The fraction of sp³-hybridized carbons (Fsp3) is 0.350. The van der Waals surface area contributed by atoms with Crippen molar-refractivity contribution < 1.29 is 8.42 Å². The Morgan fingerprint density at radius 2 is 2.07 bits per heavy atom. The van der Waals surface area contributed by atoms with Crippen molar-refractivity contribution >= 4 is 21.2 Å². The van der Waals surface area contributed by atoms with E-state index in [9.17, 15) is 8.42 Å². The Morgan fingerprint density at radius 1 is 1.22 bits per heavy atom. The molecule has 1 aromatic carbocycles. The van der Waals surface area contributed by atoms with Gasteiger partial charge >= 0.3 is 0 Å². The lowest BCUT2D eigenvalue weighted by atomic mass is 10.1. The summed E-state index contributed by atoms with van der Waals surface area (Å²) < 4.78 is 26.6. The fourth-order valence-corrected chi connectivity index (χ4v) is 5.79. The molecule has 0 saturated carbocycles. The highest BCUT2D eigenvalue weighted by atomic mass is 32.2. The van der Waals surface area contributed by atoms with Crippen molar-refractivity contribution in [2.24, 2.45) is 5.92 Å². The summed E-state index contributed by atoms with van der Waals surface area (Å²) >= 11 is 1.33. The van der Waals surface area contributed by atoms with Crippen molar-refractivity contribution in [2.75, 3.05) is 18.8 Å². The van der Waals surface area contributed by atoms with Gasteiger partial charge < -0.3 is 5.32 Å². The zero-order valence-corrected chi connectivity index (χ0v) is 16.9. The minimum Gasteiger partial charge on any atom is -0.316 e. The Labute approximate surface area is 164 Å². The predicted molar refractivity (Wildman–Crippen MR) is 110 cm³/mol. The van der Waals surface area contributed by atoms with Gasteiger partial charge in [0.05, 0.1) is 11.4 Å². The van der Waals surface area contributed by atoms with E-state index >= 15 is 0 Å². The molecule has 7 heteroatoms. The number of aromatic nitrogens is 2. The maximum absolute atomic E-state index is 12.1. The van der Waals surface area contributed by atoms with Crippen LogP contribution >= 0.6 is 11.3 Å². The van der Waals surface area contributed by atoms with Gasteiger partial charge in [-0.25, -0.2) is 8.42 Å². The maximum Gasteiger partial charge on any atom is 0.187 e. The Hall–Kier alpha value is -1.96. The quantitative estimate of drug-likeness (QED) is 0.684. The maximum atomic E-state index is 12.1. The molecule has 1 N–H and O–H groups in total. The smallest absolute Gasteiger partial charge is 0.187 e. The third-order valence-corrected chi connectivity index (χ3v) is 8.41. The Balaban J connectivity index is 1.57. The van der Waals surface area contributed by atoms with Crippen molar-refractivity contribution in [3.05, 3.63) is 48.7 Å². The highest BCUT2D eigenvalue weighted by molar-refractivity contribution is 7.93. The lowest BCUT2D eigenvalue weighted by molar-refractivity contribution is 0.450. The molecular formula is C20H23N3O2S2. The molecule has 142 valence electrons. The van der Waals surface area contributed by atoms with Crippen LogP contribution < -0.4 is 5.32 Å². The van der Waals surface area contributed by atoms with Crippen LogP contribution in [0.4, 0.5) is 0 Å². The summed E-state index contributed by atoms with van der Waals surface area (Å²) in [5.41, 5.74) is 3.01. The first kappa shape index (κ1) is 18.4. The van der Waals surface area contributed by atoms with Gasteiger partial charge in [-0.15, -0.1) is 11.3 Å². The number of sulfone groups is 1. The topological polar surface area (TPSA) is 64.0 Å². The van der Waals surface area contributed by atoms with Gasteiger partial charge in [0.2, 0.25) is 0 Å². The van der Waals surface area contributed by atoms with E-state index in [1.54, 1.807) is 13.0 Å². The minimum atomic E-state index is -3.16. The first-order valence-electron chi connectivity index (χ1n) is 9.23. The molecule has 0 radical (unpaired) electrons. The van der Waals surface area contributed by atoms with E-state index in [2.05, 4.69) is 11.4 Å². The summed E-state index contributed by atoms with van der Waals surface area (Å²) in [6, 6.07) is 13.8. The molecule has 0 spiro atoms. The highest BCUT2D eigenvalue weighted by Crippen LogP contribution is 2.33. The van der Waals surface area contributed by atoms with Crippen LogP contribution in [0.3, 0.4) is 0 Å². The standard InChI is InChI=1S/C20H23N3O2S2/c1-2-27(24,25)20-7-6-19(26-20)17-5-3-4-16(12-17)18-9-11-23(22-18)14-15-8-10-21-13-15/h3-7,9,11-12,15,21H,2,8,10,13-14H2,1H3. The molecule has 27 heavy (non-hydrogen) atoms. The number of rotatable bonds is 6. The van der Waals surface area contributed by atoms with Crippen LogP contribution in [0.15, 0.2) is 52.9 Å². The molecule has 1 aliphatic heterocycles. The SMILES string of the molecule is CCS(=O)(=O)c1ccc(-c2cccc(-c3ccn(CC4CCNC4)n3)c2)s1. The van der Waals surface area contributed by atoms with Crippen molar-refractivity contribution in [3.63, 3.8) is 0 Å². The van der Waals surface area contributed by atoms with Crippen LogP contribution in [0, 0.1) is 5.92 Å². The largest absolute Gasteiger partial charge is 0.316 e. The normalized spacial score (nSPS) is 17.4. The molecule has 3 heterocycles. The van der Waals surface area contributed by atoms with E-state index in [0.717, 1.165) is 41.3 Å². The van der Waals surface area contributed by atoms with Gasteiger partial charge in [0.15, 0.2) is 9.84 Å². The lowest BCUT2D eigenvalue weighted by Crippen LogP contribution is -2.14. The first-order valence-corrected chi connectivity index (χ1v) is 11.7. The second-order valence-electron chi connectivity index (χ2n) is 6.88. The molecule has 0 aliphatic carbocycles. The average Bonchev–Trinajstić information content (AvgIpc) is 3.44. The summed E-state index contributed by atoms with van der Waals surface area (Å²) in [6.07, 6.45) is 3.24. The van der Waals surface area contributed by atoms with E-state index in [1.165, 1.54) is 17.8 Å². The number of benzene rings is 1. The zero-order valence-electron chi connectivity index (χ0n) is 15.3. The Bertz CT molecular complexity index is 1030. The molecule has 5 nitrogen and oxygen atoms in total. The van der Waals surface area contributed by atoms with E-state index in [4.69, 9.17) is 5.10 Å². The predicted octanol–water partition coefficient (Wildman–Crippen LogP) is 3.68. The van der Waals surface area contributed by atoms with Crippen LogP contribution in [0.5, 0.6) is 0 Å². The summed E-state index contributed by atoms with van der Waals surface area (Å²) in [7, 11) is -3.16. The monoisotopic (exact) mass is 401 g/mol. The van der Waals surface area contributed by atoms with Gasteiger partial charge in [-0.1, -0.05) is 25.1 Å². The van der Waals surface area contributed by atoms with Gasteiger partial charge in [-0.3, -0.25) is 4.68 Å². The molecule has 1 aliphatic rings. The van der Waals surface area contributed by atoms with Crippen molar-refractivity contribution in [3.8, 4) is 21.7 Å². The van der Waals surface area contributed by atoms with Crippen molar-refractivity contribution in [1.82, 2.24) is 15.1 Å². The number of nitrogens with one attached hydrogen (secondary N) is 1. The molecular weight excluding hydrogens is 378 g/mol. The van der Waals surface area contributed by atoms with Gasteiger partial charge in [-0.2, -0.15) is 5.10 Å². The zero-order chi connectivity index (χ0) is 18.9. The van der Waals surface area contributed by atoms with Crippen molar-refractivity contribution in [1.29, 1.82) is 0 Å². The van der Waals surface area contributed by atoms with Crippen LogP contribution in [0.1, 0.15) is 13.3 Å². The second kappa shape index (κ2) is 7.58.